The average molecular weight is 407 g/mol. The van der Waals surface area contributed by atoms with Crippen molar-refractivity contribution in [2.45, 2.75) is 13.8 Å². The topological polar surface area (TPSA) is 76.7 Å². The highest BCUT2D eigenvalue weighted by molar-refractivity contribution is 9.10. The molecule has 0 unspecified atom stereocenters. The molecule has 0 atom stereocenters. The third kappa shape index (κ3) is 5.49. The standard InChI is InChI=1S/C18H19BrN2O4/c1-3-24-16-7-5-4-6-14(16)18(23)21-20-17(22)11-25-15-9-8-13(19)10-12(15)2/h4-10H,3,11H2,1-2H3,(H,20,22)(H,21,23). The number of amides is 2. The second-order valence-electron chi connectivity index (χ2n) is 5.13. The maximum absolute atomic E-state index is 12.2. The van der Waals surface area contributed by atoms with Gasteiger partial charge in [-0.25, -0.2) is 0 Å². The SMILES string of the molecule is CCOc1ccccc1C(=O)NNC(=O)COc1ccc(Br)cc1C. The van der Waals surface area contributed by atoms with Crippen LogP contribution >= 0.6 is 15.9 Å². The van der Waals surface area contributed by atoms with Gasteiger partial charge in [-0.3, -0.25) is 20.4 Å². The van der Waals surface area contributed by atoms with E-state index < -0.39 is 11.8 Å². The van der Waals surface area contributed by atoms with Gasteiger partial charge in [-0.05, 0) is 49.7 Å². The molecule has 0 aromatic heterocycles. The Morgan fingerprint density at radius 1 is 1.04 bits per heavy atom. The molecule has 7 heteroatoms. The molecule has 2 amide bonds. The van der Waals surface area contributed by atoms with Crippen molar-refractivity contribution >= 4 is 27.7 Å². The predicted molar refractivity (Wildman–Crippen MR) is 97.6 cm³/mol. The van der Waals surface area contributed by atoms with Crippen LogP contribution in [0.2, 0.25) is 0 Å². The van der Waals surface area contributed by atoms with Gasteiger partial charge in [0.05, 0.1) is 12.2 Å². The van der Waals surface area contributed by atoms with Gasteiger partial charge in [0.1, 0.15) is 11.5 Å². The van der Waals surface area contributed by atoms with Crippen molar-refractivity contribution < 1.29 is 19.1 Å². The predicted octanol–water partition coefficient (Wildman–Crippen LogP) is 3.00. The maximum Gasteiger partial charge on any atom is 0.276 e. The second-order valence-corrected chi connectivity index (χ2v) is 6.05. The summed E-state index contributed by atoms with van der Waals surface area (Å²) in [6.07, 6.45) is 0. The maximum atomic E-state index is 12.2. The van der Waals surface area contributed by atoms with Crippen LogP contribution in [0, 0.1) is 6.92 Å². The molecule has 0 heterocycles. The highest BCUT2D eigenvalue weighted by Crippen LogP contribution is 2.22. The van der Waals surface area contributed by atoms with E-state index in [2.05, 4.69) is 26.8 Å². The van der Waals surface area contributed by atoms with Crippen LogP contribution in [0.5, 0.6) is 11.5 Å². The summed E-state index contributed by atoms with van der Waals surface area (Å²) >= 11 is 3.36. The summed E-state index contributed by atoms with van der Waals surface area (Å²) in [6, 6.07) is 12.3. The lowest BCUT2D eigenvalue weighted by molar-refractivity contribution is -0.123. The fourth-order valence-corrected chi connectivity index (χ4v) is 2.56. The molecular formula is C18H19BrN2O4. The molecule has 2 rings (SSSR count). The number of para-hydroxylation sites is 1. The zero-order valence-electron chi connectivity index (χ0n) is 14.0. The summed E-state index contributed by atoms with van der Waals surface area (Å²) in [5, 5.41) is 0. The van der Waals surface area contributed by atoms with Crippen molar-refractivity contribution in [1.29, 1.82) is 0 Å². The van der Waals surface area contributed by atoms with Gasteiger partial charge in [0.15, 0.2) is 6.61 Å². The molecule has 0 bridgehead atoms. The van der Waals surface area contributed by atoms with Crippen molar-refractivity contribution in [3.05, 3.63) is 58.1 Å². The minimum Gasteiger partial charge on any atom is -0.493 e. The summed E-state index contributed by atoms with van der Waals surface area (Å²) in [5.74, 6) is 0.131. The second kappa shape index (κ2) is 9.08. The molecule has 6 nitrogen and oxygen atoms in total. The zero-order chi connectivity index (χ0) is 18.2. The fourth-order valence-electron chi connectivity index (χ4n) is 2.08. The number of nitrogens with one attached hydrogen (secondary N) is 2. The quantitative estimate of drug-likeness (QED) is 0.722. The van der Waals surface area contributed by atoms with Crippen LogP contribution in [0.25, 0.3) is 0 Å². The zero-order valence-corrected chi connectivity index (χ0v) is 15.6. The number of benzene rings is 2. The number of halogens is 1. The number of carbonyl (C=O) groups excluding carboxylic acids is 2. The van der Waals surface area contributed by atoms with Gasteiger partial charge in [-0.1, -0.05) is 28.1 Å². The van der Waals surface area contributed by atoms with Gasteiger partial charge in [0.2, 0.25) is 0 Å². The fraction of sp³-hybridized carbons (Fsp3) is 0.222. The van der Waals surface area contributed by atoms with Crippen molar-refractivity contribution in [2.24, 2.45) is 0 Å². The van der Waals surface area contributed by atoms with Gasteiger partial charge in [0.25, 0.3) is 11.8 Å². The molecule has 0 spiro atoms. The molecule has 0 fully saturated rings. The van der Waals surface area contributed by atoms with Crippen molar-refractivity contribution in [1.82, 2.24) is 10.9 Å². The molecule has 0 saturated carbocycles. The first-order valence-electron chi connectivity index (χ1n) is 7.71. The van der Waals surface area contributed by atoms with Gasteiger partial charge >= 0.3 is 0 Å². The highest BCUT2D eigenvalue weighted by atomic mass is 79.9. The Labute approximate surface area is 154 Å². The van der Waals surface area contributed by atoms with E-state index in [1.165, 1.54) is 0 Å². The lowest BCUT2D eigenvalue weighted by Crippen LogP contribution is -2.44. The van der Waals surface area contributed by atoms with Crippen LogP contribution in [-0.2, 0) is 4.79 Å². The van der Waals surface area contributed by atoms with E-state index in [-0.39, 0.29) is 6.61 Å². The monoisotopic (exact) mass is 406 g/mol. The first-order chi connectivity index (χ1) is 12.0. The number of rotatable bonds is 6. The van der Waals surface area contributed by atoms with Crippen LogP contribution in [-0.4, -0.2) is 25.0 Å². The summed E-state index contributed by atoms with van der Waals surface area (Å²) in [5.41, 5.74) is 5.92. The molecular weight excluding hydrogens is 388 g/mol. The van der Waals surface area contributed by atoms with Crippen molar-refractivity contribution in [3.8, 4) is 11.5 Å². The van der Waals surface area contributed by atoms with Gasteiger partial charge in [0, 0.05) is 4.47 Å². The number of carbonyl (C=O) groups is 2. The Hall–Kier alpha value is -2.54. The molecule has 25 heavy (non-hydrogen) atoms. The van der Waals surface area contributed by atoms with Gasteiger partial charge in [-0.2, -0.15) is 0 Å². The Bertz CT molecular complexity index is 764. The first-order valence-corrected chi connectivity index (χ1v) is 8.50. The van der Waals surface area contributed by atoms with Crippen LogP contribution in [0.4, 0.5) is 0 Å². The molecule has 2 aromatic carbocycles. The molecule has 0 saturated heterocycles. The highest BCUT2D eigenvalue weighted by Gasteiger charge is 2.13. The Balaban J connectivity index is 1.86. The van der Waals surface area contributed by atoms with Crippen LogP contribution in [0.15, 0.2) is 46.9 Å². The third-order valence-electron chi connectivity index (χ3n) is 3.24. The normalized spacial score (nSPS) is 10.0. The van der Waals surface area contributed by atoms with E-state index in [9.17, 15) is 9.59 Å². The Kier molecular flexibility index (Phi) is 6.82. The molecule has 132 valence electrons. The number of ether oxygens (including phenoxy) is 2. The minimum atomic E-state index is -0.468. The van der Waals surface area contributed by atoms with Gasteiger partial charge in [-0.15, -0.1) is 0 Å². The lowest BCUT2D eigenvalue weighted by Gasteiger charge is -2.12. The van der Waals surface area contributed by atoms with E-state index in [4.69, 9.17) is 9.47 Å². The molecule has 2 N–H and O–H groups in total. The molecule has 0 aliphatic rings. The van der Waals surface area contributed by atoms with Crippen molar-refractivity contribution in [2.75, 3.05) is 13.2 Å². The summed E-state index contributed by atoms with van der Waals surface area (Å²) in [6.45, 7) is 3.94. The molecule has 0 radical (unpaired) electrons. The minimum absolute atomic E-state index is 0.212. The third-order valence-corrected chi connectivity index (χ3v) is 3.74. The van der Waals surface area contributed by atoms with E-state index in [0.717, 1.165) is 10.0 Å². The summed E-state index contributed by atoms with van der Waals surface area (Å²) in [4.78, 5) is 24.0. The first kappa shape index (κ1) is 18.8. The summed E-state index contributed by atoms with van der Waals surface area (Å²) in [7, 11) is 0. The molecule has 2 aromatic rings. The van der Waals surface area contributed by atoms with Crippen LogP contribution < -0.4 is 20.3 Å². The van der Waals surface area contributed by atoms with E-state index in [0.29, 0.717) is 23.7 Å². The Morgan fingerprint density at radius 3 is 2.52 bits per heavy atom. The molecule has 0 aliphatic carbocycles. The Morgan fingerprint density at radius 2 is 1.80 bits per heavy atom. The average Bonchev–Trinajstić information content (AvgIpc) is 2.59. The van der Waals surface area contributed by atoms with E-state index in [1.54, 1.807) is 30.3 Å². The number of hydrazine groups is 1. The number of hydrogen-bond acceptors (Lipinski definition) is 4. The van der Waals surface area contributed by atoms with E-state index >= 15 is 0 Å². The number of aryl methyl sites for hydroxylation is 1. The summed E-state index contributed by atoms with van der Waals surface area (Å²) < 4.78 is 11.8. The molecule has 0 aliphatic heterocycles. The van der Waals surface area contributed by atoms with Crippen molar-refractivity contribution in [3.63, 3.8) is 0 Å². The smallest absolute Gasteiger partial charge is 0.276 e. The lowest BCUT2D eigenvalue weighted by atomic mass is 10.2. The van der Waals surface area contributed by atoms with Crippen LogP contribution in [0.3, 0.4) is 0 Å². The largest absolute Gasteiger partial charge is 0.493 e. The van der Waals surface area contributed by atoms with E-state index in [1.807, 2.05) is 26.0 Å². The van der Waals surface area contributed by atoms with Crippen LogP contribution in [0.1, 0.15) is 22.8 Å². The number of hydrogen-bond donors (Lipinski definition) is 2. The van der Waals surface area contributed by atoms with Gasteiger partial charge < -0.3 is 9.47 Å².